The van der Waals surface area contributed by atoms with Crippen LogP contribution >= 0.6 is 11.3 Å². The first-order chi connectivity index (χ1) is 14.5. The van der Waals surface area contributed by atoms with E-state index in [4.69, 9.17) is 5.26 Å². The third-order valence-corrected chi connectivity index (χ3v) is 8.19. The van der Waals surface area contributed by atoms with Crippen LogP contribution in [0.2, 0.25) is 0 Å². The van der Waals surface area contributed by atoms with Crippen LogP contribution in [0.15, 0.2) is 39.9 Å². The molecule has 31 heavy (non-hydrogen) atoms. The number of piperazine rings is 1. The summed E-state index contributed by atoms with van der Waals surface area (Å²) in [4.78, 5) is 15.6. The van der Waals surface area contributed by atoms with Crippen LogP contribution in [0.1, 0.15) is 11.1 Å². The number of sulfonamides is 1. The van der Waals surface area contributed by atoms with Crippen molar-refractivity contribution in [1.29, 1.82) is 5.26 Å². The van der Waals surface area contributed by atoms with Gasteiger partial charge in [0.1, 0.15) is 10.3 Å². The second-order valence-electron chi connectivity index (χ2n) is 7.08. The predicted octanol–water partition coefficient (Wildman–Crippen LogP) is 2.61. The molecule has 3 rings (SSSR count). The minimum atomic E-state index is -4.72. The Morgan fingerprint density at radius 1 is 1.26 bits per heavy atom. The van der Waals surface area contributed by atoms with Gasteiger partial charge in [-0.05, 0) is 29.6 Å². The van der Waals surface area contributed by atoms with Gasteiger partial charge < -0.3 is 9.80 Å². The van der Waals surface area contributed by atoms with E-state index in [0.717, 1.165) is 27.8 Å². The Balaban J connectivity index is 1.98. The second kappa shape index (κ2) is 8.49. The standard InChI is InChI=1S/C19H19F3N4O3S2/c1-24(2)18(27)16-12-25(7-8-26(16)31(28,29)17-4-3-9-30-17)14-6-5-13(11-23)15(10-14)19(20,21)22/h3-6,9-10,16H,7-8,12H2,1-2H3. The van der Waals surface area contributed by atoms with Crippen molar-refractivity contribution in [3.05, 3.63) is 46.8 Å². The summed E-state index contributed by atoms with van der Waals surface area (Å²) in [5.41, 5.74) is -1.41. The SMILES string of the molecule is CN(C)C(=O)C1CN(c2ccc(C#N)c(C(F)(F)F)c2)CCN1S(=O)(=O)c1cccs1. The Morgan fingerprint density at radius 3 is 2.52 bits per heavy atom. The number of amides is 1. The van der Waals surface area contributed by atoms with E-state index in [1.807, 2.05) is 0 Å². The normalized spacial score (nSPS) is 17.9. The molecule has 7 nitrogen and oxygen atoms in total. The van der Waals surface area contributed by atoms with Crippen molar-refractivity contribution in [3.63, 3.8) is 0 Å². The van der Waals surface area contributed by atoms with Crippen LogP contribution in [0.4, 0.5) is 18.9 Å². The maximum absolute atomic E-state index is 13.4. The topological polar surface area (TPSA) is 84.7 Å². The lowest BCUT2D eigenvalue weighted by atomic mass is 10.1. The molecule has 0 bridgehead atoms. The molecule has 0 saturated carbocycles. The number of thiophene rings is 1. The maximum atomic E-state index is 13.4. The zero-order chi connectivity index (χ0) is 23.0. The highest BCUT2D eigenvalue weighted by Crippen LogP contribution is 2.35. The number of alkyl halides is 3. The summed E-state index contributed by atoms with van der Waals surface area (Å²) in [5, 5.41) is 10.6. The monoisotopic (exact) mass is 472 g/mol. The van der Waals surface area contributed by atoms with Gasteiger partial charge in [0.25, 0.3) is 10.0 Å². The number of halogens is 3. The van der Waals surface area contributed by atoms with Crippen LogP contribution in [-0.4, -0.2) is 63.3 Å². The van der Waals surface area contributed by atoms with Gasteiger partial charge in [0.2, 0.25) is 5.91 Å². The molecule has 1 aromatic carbocycles. The molecule has 0 N–H and O–H groups in total. The molecule has 0 aliphatic carbocycles. The molecule has 2 aromatic rings. The molecule has 1 aliphatic heterocycles. The first-order valence-corrected chi connectivity index (χ1v) is 11.4. The fourth-order valence-electron chi connectivity index (χ4n) is 3.37. The number of rotatable bonds is 4. The van der Waals surface area contributed by atoms with Gasteiger partial charge in [-0.1, -0.05) is 6.07 Å². The highest BCUT2D eigenvalue weighted by molar-refractivity contribution is 7.91. The molecule has 12 heteroatoms. The molecule has 1 amide bonds. The molecule has 1 unspecified atom stereocenters. The Bertz CT molecular complexity index is 1110. The zero-order valence-electron chi connectivity index (χ0n) is 16.6. The summed E-state index contributed by atoms with van der Waals surface area (Å²) >= 11 is 1.03. The third-order valence-electron chi connectivity index (χ3n) is 4.91. The lowest BCUT2D eigenvalue weighted by molar-refractivity contribution is -0.137. The molecular formula is C19H19F3N4O3S2. The van der Waals surface area contributed by atoms with Crippen LogP contribution in [0, 0.1) is 11.3 Å². The molecule has 1 aliphatic rings. The number of hydrogen-bond donors (Lipinski definition) is 0. The Morgan fingerprint density at radius 2 is 1.97 bits per heavy atom. The lowest BCUT2D eigenvalue weighted by Crippen LogP contribution is -2.60. The van der Waals surface area contributed by atoms with Gasteiger partial charge in [-0.25, -0.2) is 8.42 Å². The first-order valence-electron chi connectivity index (χ1n) is 9.09. The van der Waals surface area contributed by atoms with Gasteiger partial charge in [-0.3, -0.25) is 4.79 Å². The fourth-order valence-corrected chi connectivity index (χ4v) is 6.06. The largest absolute Gasteiger partial charge is 0.417 e. The van der Waals surface area contributed by atoms with Gasteiger partial charge in [-0.15, -0.1) is 11.3 Å². The number of nitriles is 1. The first kappa shape index (κ1) is 23.1. The van der Waals surface area contributed by atoms with E-state index in [1.165, 1.54) is 42.1 Å². The molecule has 166 valence electrons. The van der Waals surface area contributed by atoms with Crippen LogP contribution in [0.5, 0.6) is 0 Å². The summed E-state index contributed by atoms with van der Waals surface area (Å²) in [6.45, 7) is -0.109. The summed E-state index contributed by atoms with van der Waals surface area (Å²) < 4.78 is 67.4. The van der Waals surface area contributed by atoms with Crippen LogP contribution in [-0.2, 0) is 21.0 Å². The van der Waals surface area contributed by atoms with Crippen molar-refractivity contribution in [2.24, 2.45) is 0 Å². The van der Waals surface area contributed by atoms with E-state index in [0.29, 0.717) is 0 Å². The van der Waals surface area contributed by atoms with Crippen molar-refractivity contribution in [3.8, 4) is 6.07 Å². The molecule has 2 heterocycles. The Labute approximate surface area is 181 Å². The van der Waals surface area contributed by atoms with E-state index < -0.39 is 39.3 Å². The summed E-state index contributed by atoms with van der Waals surface area (Å²) in [5.74, 6) is -0.477. The minimum absolute atomic E-state index is 0.0775. The highest BCUT2D eigenvalue weighted by atomic mass is 32.2. The van der Waals surface area contributed by atoms with Gasteiger partial charge in [0.05, 0.1) is 17.2 Å². The van der Waals surface area contributed by atoms with Crippen molar-refractivity contribution in [2.45, 2.75) is 16.4 Å². The molecule has 1 atom stereocenters. The van der Waals surface area contributed by atoms with Crippen molar-refractivity contribution in [2.75, 3.05) is 38.6 Å². The van der Waals surface area contributed by atoms with E-state index in [2.05, 4.69) is 0 Å². The van der Waals surface area contributed by atoms with Crippen LogP contribution in [0.3, 0.4) is 0 Å². The number of carbonyl (C=O) groups excluding carboxylic acids is 1. The van der Waals surface area contributed by atoms with Gasteiger partial charge >= 0.3 is 6.18 Å². The smallest absolute Gasteiger partial charge is 0.368 e. The lowest BCUT2D eigenvalue weighted by Gasteiger charge is -2.41. The summed E-state index contributed by atoms with van der Waals surface area (Å²) in [7, 11) is -0.966. The quantitative estimate of drug-likeness (QED) is 0.683. The fraction of sp³-hybridized carbons (Fsp3) is 0.368. The molecule has 1 saturated heterocycles. The number of benzene rings is 1. The van der Waals surface area contributed by atoms with Crippen LogP contribution < -0.4 is 4.90 Å². The maximum Gasteiger partial charge on any atom is 0.417 e. The van der Waals surface area contributed by atoms with E-state index in [9.17, 15) is 26.4 Å². The average molecular weight is 473 g/mol. The number of hydrogen-bond acceptors (Lipinski definition) is 6. The number of anilines is 1. The van der Waals surface area contributed by atoms with Gasteiger partial charge in [0.15, 0.2) is 0 Å². The molecule has 1 aromatic heterocycles. The van der Waals surface area contributed by atoms with Gasteiger partial charge in [-0.2, -0.15) is 22.7 Å². The number of nitrogens with zero attached hydrogens (tertiary/aromatic N) is 4. The molecule has 1 fully saturated rings. The predicted molar refractivity (Wildman–Crippen MR) is 109 cm³/mol. The summed E-state index contributed by atoms with van der Waals surface area (Å²) in [6, 6.07) is 6.76. The second-order valence-corrected chi connectivity index (χ2v) is 10.1. The number of carbonyl (C=O) groups is 1. The van der Waals surface area contributed by atoms with Gasteiger partial charge in [0, 0.05) is 39.4 Å². The Hall–Kier alpha value is -2.62. The van der Waals surface area contributed by atoms with Crippen molar-refractivity contribution >= 4 is 33.0 Å². The minimum Gasteiger partial charge on any atom is -0.368 e. The van der Waals surface area contributed by atoms with E-state index >= 15 is 0 Å². The van der Waals surface area contributed by atoms with Crippen LogP contribution in [0.25, 0.3) is 0 Å². The highest BCUT2D eigenvalue weighted by Gasteiger charge is 2.42. The summed E-state index contributed by atoms with van der Waals surface area (Å²) in [6.07, 6.45) is -4.72. The van der Waals surface area contributed by atoms with E-state index in [1.54, 1.807) is 11.4 Å². The van der Waals surface area contributed by atoms with E-state index in [-0.39, 0.29) is 29.5 Å². The third kappa shape index (κ3) is 4.53. The average Bonchev–Trinajstić information content (AvgIpc) is 3.27. The molecule has 0 radical (unpaired) electrons. The molecular weight excluding hydrogens is 453 g/mol. The molecule has 0 spiro atoms. The van der Waals surface area contributed by atoms with Crippen molar-refractivity contribution in [1.82, 2.24) is 9.21 Å². The van der Waals surface area contributed by atoms with Crippen molar-refractivity contribution < 1.29 is 26.4 Å². The Kier molecular flexibility index (Phi) is 6.31. The number of likely N-dealkylation sites (N-methyl/N-ethyl adjacent to an activating group) is 1. The zero-order valence-corrected chi connectivity index (χ0v) is 18.3.